The van der Waals surface area contributed by atoms with Crippen LogP contribution in [0.15, 0.2) is 23.1 Å². The monoisotopic (exact) mass is 399 g/mol. The van der Waals surface area contributed by atoms with Gasteiger partial charge in [0.2, 0.25) is 5.91 Å². The zero-order valence-electron chi connectivity index (χ0n) is 15.4. The quantitative estimate of drug-likeness (QED) is 0.682. The van der Waals surface area contributed by atoms with Crippen LogP contribution in [0.5, 0.6) is 11.5 Å². The molecule has 1 heterocycles. The number of benzene rings is 1. The first-order chi connectivity index (χ1) is 12.7. The Balaban J connectivity index is 2.03. The number of fused-ring (bicyclic) bond motifs is 1. The Morgan fingerprint density at radius 3 is 2.52 bits per heavy atom. The van der Waals surface area contributed by atoms with Crippen molar-refractivity contribution < 1.29 is 32.6 Å². The molecule has 0 radical (unpaired) electrons. The van der Waals surface area contributed by atoms with E-state index in [1.807, 2.05) is 6.92 Å². The third-order valence-electron chi connectivity index (χ3n) is 4.47. The second-order valence-electron chi connectivity index (χ2n) is 6.50. The Bertz CT molecular complexity index is 791. The van der Waals surface area contributed by atoms with Crippen molar-refractivity contribution in [2.45, 2.75) is 44.0 Å². The van der Waals surface area contributed by atoms with Crippen LogP contribution in [0.3, 0.4) is 0 Å². The molecule has 1 amide bonds. The highest BCUT2D eigenvalue weighted by Crippen LogP contribution is 2.32. The first-order valence-corrected chi connectivity index (χ1v) is 10.5. The lowest BCUT2D eigenvalue weighted by atomic mass is 9.99. The van der Waals surface area contributed by atoms with Crippen molar-refractivity contribution in [2.24, 2.45) is 5.92 Å². The number of rotatable bonds is 8. The molecule has 2 rings (SSSR count). The van der Waals surface area contributed by atoms with E-state index in [-0.39, 0.29) is 17.2 Å². The van der Waals surface area contributed by atoms with E-state index in [9.17, 15) is 23.1 Å². The van der Waals surface area contributed by atoms with E-state index >= 15 is 0 Å². The minimum absolute atomic E-state index is 0.0382. The summed E-state index contributed by atoms with van der Waals surface area (Å²) in [6.07, 6.45) is 0.960. The maximum Gasteiger partial charge on any atom is 0.326 e. The lowest BCUT2D eigenvalue weighted by Crippen LogP contribution is -2.45. The number of sulfone groups is 1. The van der Waals surface area contributed by atoms with Crippen LogP contribution in [0.25, 0.3) is 0 Å². The van der Waals surface area contributed by atoms with Crippen molar-refractivity contribution in [2.75, 3.05) is 19.0 Å². The molecule has 8 nitrogen and oxygen atoms in total. The van der Waals surface area contributed by atoms with Gasteiger partial charge in [0.1, 0.15) is 6.04 Å². The molecule has 2 N–H and O–H groups in total. The van der Waals surface area contributed by atoms with Crippen LogP contribution in [-0.2, 0) is 19.4 Å². The molecule has 0 saturated heterocycles. The zero-order valence-corrected chi connectivity index (χ0v) is 16.3. The number of aliphatic carboxylic acids is 1. The van der Waals surface area contributed by atoms with E-state index in [2.05, 4.69) is 5.32 Å². The molecule has 0 fully saturated rings. The lowest BCUT2D eigenvalue weighted by molar-refractivity contribution is -0.143. The van der Waals surface area contributed by atoms with Gasteiger partial charge in [-0.3, -0.25) is 4.79 Å². The van der Waals surface area contributed by atoms with Gasteiger partial charge in [0.25, 0.3) is 0 Å². The molecule has 0 bridgehead atoms. The summed E-state index contributed by atoms with van der Waals surface area (Å²) in [5.41, 5.74) is 0. The third kappa shape index (κ3) is 5.59. The molecule has 1 aliphatic rings. The minimum atomic E-state index is -3.73. The summed E-state index contributed by atoms with van der Waals surface area (Å²) in [7, 11) is -3.73. The van der Waals surface area contributed by atoms with Gasteiger partial charge in [0.15, 0.2) is 21.3 Å². The number of ether oxygens (including phenoxy) is 2. The molecule has 27 heavy (non-hydrogen) atoms. The van der Waals surface area contributed by atoms with Gasteiger partial charge < -0.3 is 19.9 Å². The number of hydrogen-bond acceptors (Lipinski definition) is 6. The highest BCUT2D eigenvalue weighted by molar-refractivity contribution is 7.91. The number of amides is 1. The van der Waals surface area contributed by atoms with Crippen LogP contribution in [0.4, 0.5) is 0 Å². The molecule has 1 aliphatic heterocycles. The summed E-state index contributed by atoms with van der Waals surface area (Å²) < 4.78 is 36.0. The minimum Gasteiger partial charge on any atom is -0.490 e. The molecule has 0 spiro atoms. The Labute approximate surface area is 158 Å². The van der Waals surface area contributed by atoms with E-state index in [1.165, 1.54) is 18.2 Å². The first kappa shape index (κ1) is 21.0. The largest absolute Gasteiger partial charge is 0.490 e. The van der Waals surface area contributed by atoms with E-state index in [0.29, 0.717) is 37.6 Å². The Kier molecular flexibility index (Phi) is 7.06. The van der Waals surface area contributed by atoms with Gasteiger partial charge in [-0.25, -0.2) is 13.2 Å². The van der Waals surface area contributed by atoms with Crippen LogP contribution in [0, 0.1) is 5.92 Å². The molecule has 2 atom stereocenters. The number of carbonyl (C=O) groups is 2. The third-order valence-corrected chi connectivity index (χ3v) is 6.19. The molecule has 0 saturated carbocycles. The first-order valence-electron chi connectivity index (χ1n) is 8.89. The van der Waals surface area contributed by atoms with Crippen molar-refractivity contribution in [1.29, 1.82) is 0 Å². The van der Waals surface area contributed by atoms with Crippen LogP contribution < -0.4 is 14.8 Å². The van der Waals surface area contributed by atoms with Gasteiger partial charge in [0.05, 0.1) is 23.9 Å². The number of nitrogens with one attached hydrogen (secondary N) is 1. The van der Waals surface area contributed by atoms with Crippen molar-refractivity contribution >= 4 is 21.7 Å². The average Bonchev–Trinajstić information content (AvgIpc) is 2.88. The van der Waals surface area contributed by atoms with E-state index in [0.717, 1.165) is 0 Å². The summed E-state index contributed by atoms with van der Waals surface area (Å²) in [6, 6.07) is 3.31. The van der Waals surface area contributed by atoms with Gasteiger partial charge in [-0.05, 0) is 18.1 Å². The summed E-state index contributed by atoms with van der Waals surface area (Å²) in [5.74, 6) is -1.58. The standard InChI is InChI=1S/C18H25NO7S/c1-3-12(2)17(18(21)22)19-16(20)7-10-27(23,24)13-5-6-14-15(11-13)26-9-4-8-25-14/h5-6,11-12,17H,3-4,7-10H2,1-2H3,(H,19,20)(H,21,22)/t12-,17-/m0/s1. The van der Waals surface area contributed by atoms with Crippen molar-refractivity contribution in [3.63, 3.8) is 0 Å². The predicted molar refractivity (Wildman–Crippen MR) is 97.7 cm³/mol. The number of carboxylic acid groups (broad SMARTS) is 1. The fourth-order valence-electron chi connectivity index (χ4n) is 2.61. The van der Waals surface area contributed by atoms with Crippen molar-refractivity contribution in [1.82, 2.24) is 5.32 Å². The number of carbonyl (C=O) groups excluding carboxylic acids is 1. The predicted octanol–water partition coefficient (Wildman–Crippen LogP) is 1.63. The molecule has 1 aromatic carbocycles. The molecule has 150 valence electrons. The topological polar surface area (TPSA) is 119 Å². The zero-order chi connectivity index (χ0) is 20.0. The number of hydrogen-bond donors (Lipinski definition) is 2. The van der Waals surface area contributed by atoms with Gasteiger partial charge in [-0.15, -0.1) is 0 Å². The average molecular weight is 399 g/mol. The van der Waals surface area contributed by atoms with E-state index in [4.69, 9.17) is 9.47 Å². The fourth-order valence-corrected chi connectivity index (χ4v) is 3.86. The summed E-state index contributed by atoms with van der Waals surface area (Å²) in [6.45, 7) is 4.47. The number of carboxylic acids is 1. The second-order valence-corrected chi connectivity index (χ2v) is 8.61. The SMILES string of the molecule is CC[C@H](C)[C@H](NC(=O)CCS(=O)(=O)c1ccc2c(c1)OCCCO2)C(=O)O. The van der Waals surface area contributed by atoms with Crippen molar-refractivity contribution in [3.8, 4) is 11.5 Å². The maximum absolute atomic E-state index is 12.5. The Morgan fingerprint density at radius 2 is 1.89 bits per heavy atom. The molecule has 9 heteroatoms. The van der Waals surface area contributed by atoms with Crippen LogP contribution in [0.1, 0.15) is 33.1 Å². The molecular weight excluding hydrogens is 374 g/mol. The molecule has 0 unspecified atom stereocenters. The second kappa shape index (κ2) is 9.07. The van der Waals surface area contributed by atoms with Gasteiger partial charge in [-0.1, -0.05) is 20.3 Å². The smallest absolute Gasteiger partial charge is 0.326 e. The van der Waals surface area contributed by atoms with Gasteiger partial charge in [0, 0.05) is 18.9 Å². The summed E-state index contributed by atoms with van der Waals surface area (Å²) >= 11 is 0. The summed E-state index contributed by atoms with van der Waals surface area (Å²) in [5, 5.41) is 11.6. The highest BCUT2D eigenvalue weighted by Gasteiger charge is 2.26. The van der Waals surface area contributed by atoms with Crippen LogP contribution in [0.2, 0.25) is 0 Å². The van der Waals surface area contributed by atoms with Gasteiger partial charge >= 0.3 is 5.97 Å². The van der Waals surface area contributed by atoms with E-state index in [1.54, 1.807) is 6.92 Å². The van der Waals surface area contributed by atoms with Crippen molar-refractivity contribution in [3.05, 3.63) is 18.2 Å². The van der Waals surface area contributed by atoms with Crippen LogP contribution >= 0.6 is 0 Å². The molecular formula is C18H25NO7S. The van der Waals surface area contributed by atoms with Crippen LogP contribution in [-0.4, -0.2) is 50.4 Å². The fraction of sp³-hybridized carbons (Fsp3) is 0.556. The van der Waals surface area contributed by atoms with E-state index < -0.39 is 33.5 Å². The van der Waals surface area contributed by atoms with Gasteiger partial charge in [-0.2, -0.15) is 0 Å². The summed E-state index contributed by atoms with van der Waals surface area (Å²) in [4.78, 5) is 23.4. The highest BCUT2D eigenvalue weighted by atomic mass is 32.2. The molecule has 0 aliphatic carbocycles. The Morgan fingerprint density at radius 1 is 1.22 bits per heavy atom. The Hall–Kier alpha value is -2.29. The molecule has 1 aromatic rings. The molecule has 0 aromatic heterocycles. The normalized spacial score (nSPS) is 16.1. The lowest BCUT2D eigenvalue weighted by Gasteiger charge is -2.20. The maximum atomic E-state index is 12.5.